The Kier molecular flexibility index (Phi) is 3.66. The molecule has 1 aliphatic rings. The highest BCUT2D eigenvalue weighted by atomic mass is 16.6. The van der Waals surface area contributed by atoms with Gasteiger partial charge in [-0.3, -0.25) is 10.1 Å². The van der Waals surface area contributed by atoms with E-state index in [0.29, 0.717) is 25.4 Å². The summed E-state index contributed by atoms with van der Waals surface area (Å²) in [6.45, 7) is 3.78. The average molecular weight is 265 g/mol. The first-order chi connectivity index (χ1) is 8.98. The Morgan fingerprint density at radius 2 is 2.26 bits per heavy atom. The van der Waals surface area contributed by atoms with Gasteiger partial charge in [-0.2, -0.15) is 0 Å². The van der Waals surface area contributed by atoms with Crippen molar-refractivity contribution in [1.82, 2.24) is 5.32 Å². The molecular formula is C12H15N3O4. The fraction of sp³-hybridized carbons (Fsp3) is 0.417. The first-order valence-electron chi connectivity index (χ1n) is 5.86. The predicted molar refractivity (Wildman–Crippen MR) is 69.0 cm³/mol. The van der Waals surface area contributed by atoms with Crippen LogP contribution in [0.5, 0.6) is 0 Å². The van der Waals surface area contributed by atoms with Crippen molar-refractivity contribution in [2.75, 3.05) is 25.1 Å². The summed E-state index contributed by atoms with van der Waals surface area (Å²) in [5.74, 6) is 0. The molecule has 7 nitrogen and oxygen atoms in total. The van der Waals surface area contributed by atoms with Crippen molar-refractivity contribution in [3.05, 3.63) is 34.4 Å². The number of carbonyl (C=O) groups is 1. The number of anilines is 1. The second-order valence-electron chi connectivity index (χ2n) is 4.92. The lowest BCUT2D eigenvalue weighted by Gasteiger charge is -2.37. The number of ether oxygens (including phenoxy) is 1. The van der Waals surface area contributed by atoms with Crippen molar-refractivity contribution in [1.29, 1.82) is 0 Å². The zero-order valence-electron chi connectivity index (χ0n) is 10.5. The van der Waals surface area contributed by atoms with Gasteiger partial charge in [0.25, 0.3) is 5.69 Å². The summed E-state index contributed by atoms with van der Waals surface area (Å²) < 4.78 is 5.08. The van der Waals surface area contributed by atoms with E-state index in [-0.39, 0.29) is 17.1 Å². The molecule has 1 fully saturated rings. The van der Waals surface area contributed by atoms with E-state index in [9.17, 15) is 14.9 Å². The van der Waals surface area contributed by atoms with Crippen molar-refractivity contribution in [2.24, 2.45) is 5.41 Å². The molecule has 0 saturated carbocycles. The van der Waals surface area contributed by atoms with Gasteiger partial charge in [-0.15, -0.1) is 0 Å². The number of nitro groups is 1. The first kappa shape index (κ1) is 13.3. The van der Waals surface area contributed by atoms with Crippen molar-refractivity contribution >= 4 is 17.4 Å². The molecule has 0 atom stereocenters. The molecule has 0 aromatic heterocycles. The SMILES string of the molecule is CC1(CNC(=O)Nc2cccc([N+](=O)[O-])c2)COC1. The molecule has 7 heteroatoms. The third kappa shape index (κ3) is 3.41. The Bertz CT molecular complexity index is 500. The molecule has 1 aromatic rings. The molecule has 1 aromatic carbocycles. The number of amides is 2. The van der Waals surface area contributed by atoms with Crippen molar-refractivity contribution in [3.63, 3.8) is 0 Å². The smallest absolute Gasteiger partial charge is 0.319 e. The number of rotatable bonds is 4. The average Bonchev–Trinajstić information content (AvgIpc) is 2.34. The summed E-state index contributed by atoms with van der Waals surface area (Å²) in [4.78, 5) is 21.7. The maximum atomic E-state index is 11.6. The Morgan fingerprint density at radius 1 is 1.53 bits per heavy atom. The van der Waals surface area contributed by atoms with Crippen LogP contribution < -0.4 is 10.6 Å². The molecule has 1 heterocycles. The molecular weight excluding hydrogens is 250 g/mol. The van der Waals surface area contributed by atoms with Crippen LogP contribution in [0.1, 0.15) is 6.92 Å². The second-order valence-corrected chi connectivity index (χ2v) is 4.92. The van der Waals surface area contributed by atoms with Crippen LogP contribution >= 0.6 is 0 Å². The van der Waals surface area contributed by atoms with Crippen LogP contribution in [0.15, 0.2) is 24.3 Å². The van der Waals surface area contributed by atoms with Gasteiger partial charge in [0.15, 0.2) is 0 Å². The van der Waals surface area contributed by atoms with Gasteiger partial charge in [0.1, 0.15) is 0 Å². The molecule has 0 aliphatic carbocycles. The molecule has 102 valence electrons. The Hall–Kier alpha value is -2.15. The number of urea groups is 1. The highest BCUT2D eigenvalue weighted by molar-refractivity contribution is 5.89. The van der Waals surface area contributed by atoms with E-state index in [1.54, 1.807) is 6.07 Å². The Balaban J connectivity index is 1.88. The number of hydrogen-bond acceptors (Lipinski definition) is 4. The molecule has 2 rings (SSSR count). The van der Waals surface area contributed by atoms with E-state index >= 15 is 0 Å². The largest absolute Gasteiger partial charge is 0.380 e. The summed E-state index contributed by atoms with van der Waals surface area (Å²) in [5.41, 5.74) is 0.318. The minimum atomic E-state index is -0.504. The predicted octanol–water partition coefficient (Wildman–Crippen LogP) is 1.75. The summed E-state index contributed by atoms with van der Waals surface area (Å²) >= 11 is 0. The number of non-ortho nitro benzene ring substituents is 1. The van der Waals surface area contributed by atoms with Crippen LogP contribution in [-0.2, 0) is 4.74 Å². The van der Waals surface area contributed by atoms with E-state index < -0.39 is 4.92 Å². The van der Waals surface area contributed by atoms with Crippen molar-refractivity contribution < 1.29 is 14.5 Å². The first-order valence-corrected chi connectivity index (χ1v) is 5.86. The molecule has 1 aliphatic heterocycles. The van der Waals surface area contributed by atoms with Gasteiger partial charge in [0.2, 0.25) is 0 Å². The van der Waals surface area contributed by atoms with Gasteiger partial charge in [0.05, 0.1) is 18.1 Å². The van der Waals surface area contributed by atoms with Crippen molar-refractivity contribution in [2.45, 2.75) is 6.92 Å². The maximum absolute atomic E-state index is 11.6. The molecule has 0 spiro atoms. The number of benzene rings is 1. The third-order valence-corrected chi connectivity index (χ3v) is 2.89. The molecule has 0 unspecified atom stereocenters. The number of hydrogen-bond donors (Lipinski definition) is 2. The van der Waals surface area contributed by atoms with Crippen LogP contribution in [0.4, 0.5) is 16.2 Å². The monoisotopic (exact) mass is 265 g/mol. The standard InChI is InChI=1S/C12H15N3O4/c1-12(7-19-8-12)6-13-11(16)14-9-3-2-4-10(5-9)15(17)18/h2-5H,6-8H2,1H3,(H2,13,14,16). The topological polar surface area (TPSA) is 93.5 Å². The van der Waals surface area contributed by atoms with Crippen LogP contribution in [0.25, 0.3) is 0 Å². The van der Waals surface area contributed by atoms with E-state index in [4.69, 9.17) is 4.74 Å². The molecule has 19 heavy (non-hydrogen) atoms. The highest BCUT2D eigenvalue weighted by Crippen LogP contribution is 2.25. The quantitative estimate of drug-likeness (QED) is 0.640. The second kappa shape index (κ2) is 5.23. The Labute approximate surface area is 110 Å². The number of nitro benzene ring substituents is 1. The molecule has 0 radical (unpaired) electrons. The van der Waals surface area contributed by atoms with Gasteiger partial charge in [0, 0.05) is 29.8 Å². The van der Waals surface area contributed by atoms with Crippen LogP contribution in [0.2, 0.25) is 0 Å². The fourth-order valence-corrected chi connectivity index (χ4v) is 1.72. The summed E-state index contributed by atoms with van der Waals surface area (Å²) in [6, 6.07) is 5.42. The van der Waals surface area contributed by atoms with E-state index in [0.717, 1.165) is 0 Å². The minimum absolute atomic E-state index is 0.0139. The lowest BCUT2D eigenvalue weighted by atomic mass is 9.89. The summed E-state index contributed by atoms with van der Waals surface area (Å²) in [6.07, 6.45) is 0. The number of nitrogens with zero attached hydrogens (tertiary/aromatic N) is 1. The summed E-state index contributed by atoms with van der Waals surface area (Å²) in [7, 11) is 0. The third-order valence-electron chi connectivity index (χ3n) is 2.89. The van der Waals surface area contributed by atoms with Crippen LogP contribution in [-0.4, -0.2) is 30.7 Å². The molecule has 1 saturated heterocycles. The van der Waals surface area contributed by atoms with Crippen LogP contribution in [0, 0.1) is 15.5 Å². The normalized spacial score (nSPS) is 16.3. The van der Waals surface area contributed by atoms with Gasteiger partial charge in [-0.25, -0.2) is 4.79 Å². The van der Waals surface area contributed by atoms with Gasteiger partial charge in [-0.05, 0) is 6.07 Å². The van der Waals surface area contributed by atoms with Crippen LogP contribution in [0.3, 0.4) is 0 Å². The van der Waals surface area contributed by atoms with Gasteiger partial charge in [-0.1, -0.05) is 13.0 Å². The lowest BCUT2D eigenvalue weighted by molar-refractivity contribution is -0.384. The lowest BCUT2D eigenvalue weighted by Crippen LogP contribution is -2.49. The molecule has 2 N–H and O–H groups in total. The van der Waals surface area contributed by atoms with E-state index in [1.807, 2.05) is 6.92 Å². The van der Waals surface area contributed by atoms with Gasteiger partial charge < -0.3 is 15.4 Å². The summed E-state index contributed by atoms with van der Waals surface area (Å²) in [5, 5.41) is 15.9. The minimum Gasteiger partial charge on any atom is -0.380 e. The zero-order chi connectivity index (χ0) is 13.9. The van der Waals surface area contributed by atoms with E-state index in [1.165, 1.54) is 18.2 Å². The van der Waals surface area contributed by atoms with Crippen molar-refractivity contribution in [3.8, 4) is 0 Å². The maximum Gasteiger partial charge on any atom is 0.319 e. The fourth-order valence-electron chi connectivity index (χ4n) is 1.72. The molecule has 0 bridgehead atoms. The zero-order valence-corrected chi connectivity index (χ0v) is 10.5. The van der Waals surface area contributed by atoms with Gasteiger partial charge >= 0.3 is 6.03 Å². The molecule has 2 amide bonds. The highest BCUT2D eigenvalue weighted by Gasteiger charge is 2.33. The van der Waals surface area contributed by atoms with E-state index in [2.05, 4.69) is 10.6 Å². The Morgan fingerprint density at radius 3 is 2.84 bits per heavy atom. The number of carbonyl (C=O) groups excluding carboxylic acids is 1. The number of nitrogens with one attached hydrogen (secondary N) is 2.